The molecule has 2 aliphatic rings. The number of aromatic nitrogens is 1. The SMILES string of the molecule is CCOc1cccc(-c2cccc(-c3nc(CN4CC[C@@H]5CCCC[C@@H]5C4)cs3)c2)c1. The highest BCUT2D eigenvalue weighted by atomic mass is 32.1. The number of hydrogen-bond donors (Lipinski definition) is 0. The van der Waals surface area contributed by atoms with Gasteiger partial charge in [-0.2, -0.15) is 0 Å². The smallest absolute Gasteiger partial charge is 0.123 e. The van der Waals surface area contributed by atoms with Crippen LogP contribution in [-0.4, -0.2) is 29.6 Å². The second-order valence-electron chi connectivity index (χ2n) is 9.01. The van der Waals surface area contributed by atoms with Crippen molar-refractivity contribution in [2.75, 3.05) is 19.7 Å². The van der Waals surface area contributed by atoms with Crippen LogP contribution >= 0.6 is 11.3 Å². The fourth-order valence-corrected chi connectivity index (χ4v) is 6.13. The number of piperidine rings is 1. The van der Waals surface area contributed by atoms with Crippen molar-refractivity contribution in [2.24, 2.45) is 11.8 Å². The Hall–Kier alpha value is -2.17. The van der Waals surface area contributed by atoms with Gasteiger partial charge < -0.3 is 4.74 Å². The van der Waals surface area contributed by atoms with Crippen molar-refractivity contribution in [1.29, 1.82) is 0 Å². The van der Waals surface area contributed by atoms with Crippen LogP contribution in [0.1, 0.15) is 44.7 Å². The van der Waals surface area contributed by atoms with Gasteiger partial charge in [-0.15, -0.1) is 11.3 Å². The average molecular weight is 433 g/mol. The molecule has 2 atom stereocenters. The lowest BCUT2D eigenvalue weighted by Crippen LogP contribution is -2.41. The van der Waals surface area contributed by atoms with Gasteiger partial charge in [0.2, 0.25) is 0 Å². The van der Waals surface area contributed by atoms with E-state index in [4.69, 9.17) is 9.72 Å². The Morgan fingerprint density at radius 3 is 2.61 bits per heavy atom. The van der Waals surface area contributed by atoms with Gasteiger partial charge in [0, 0.05) is 24.0 Å². The maximum atomic E-state index is 5.68. The molecule has 0 unspecified atom stereocenters. The minimum absolute atomic E-state index is 0.684. The zero-order chi connectivity index (χ0) is 21.0. The first-order valence-electron chi connectivity index (χ1n) is 11.8. The van der Waals surface area contributed by atoms with Gasteiger partial charge in [0.1, 0.15) is 10.8 Å². The number of fused-ring (bicyclic) bond motifs is 1. The molecular weight excluding hydrogens is 400 g/mol. The standard InChI is InChI=1S/C27H32N2OS/c1-2-30-26-12-6-10-22(16-26)21-9-5-11-23(15-21)27-28-25(19-31-27)18-29-14-13-20-7-3-4-8-24(20)17-29/h5-6,9-12,15-16,19-20,24H,2-4,7-8,13-14,17-18H2,1H3/t20-,24+/m0/s1. The van der Waals surface area contributed by atoms with Crippen molar-refractivity contribution in [2.45, 2.75) is 45.6 Å². The molecule has 162 valence electrons. The molecule has 2 aromatic carbocycles. The number of benzene rings is 2. The normalized spacial score (nSPS) is 21.6. The van der Waals surface area contributed by atoms with E-state index in [2.05, 4.69) is 52.7 Å². The van der Waals surface area contributed by atoms with Crippen molar-refractivity contribution in [3.8, 4) is 27.4 Å². The number of thiazole rings is 1. The lowest BCUT2D eigenvalue weighted by Gasteiger charge is -2.41. The molecule has 3 nitrogen and oxygen atoms in total. The summed E-state index contributed by atoms with van der Waals surface area (Å²) in [6.07, 6.45) is 7.15. The van der Waals surface area contributed by atoms with Gasteiger partial charge in [0.25, 0.3) is 0 Å². The van der Waals surface area contributed by atoms with Crippen molar-refractivity contribution in [1.82, 2.24) is 9.88 Å². The summed E-state index contributed by atoms with van der Waals surface area (Å²) in [6.45, 7) is 6.20. The Morgan fingerprint density at radius 1 is 0.968 bits per heavy atom. The molecule has 0 N–H and O–H groups in total. The van der Waals surface area contributed by atoms with E-state index in [0.717, 1.165) is 29.1 Å². The van der Waals surface area contributed by atoms with Crippen LogP contribution in [0.15, 0.2) is 53.9 Å². The van der Waals surface area contributed by atoms with Crippen LogP contribution in [0.5, 0.6) is 5.75 Å². The summed E-state index contributed by atoms with van der Waals surface area (Å²) in [5, 5.41) is 3.37. The van der Waals surface area contributed by atoms with E-state index in [0.29, 0.717) is 6.61 Å². The summed E-state index contributed by atoms with van der Waals surface area (Å²) in [5.41, 5.74) is 4.80. The molecule has 0 amide bonds. The first kappa shape index (κ1) is 20.7. The lowest BCUT2D eigenvalue weighted by atomic mass is 9.75. The maximum absolute atomic E-state index is 5.68. The Balaban J connectivity index is 1.29. The predicted octanol–water partition coefficient (Wildman–Crippen LogP) is 6.89. The maximum Gasteiger partial charge on any atom is 0.123 e. The number of likely N-dealkylation sites (tertiary alicyclic amines) is 1. The van der Waals surface area contributed by atoms with Gasteiger partial charge in [-0.3, -0.25) is 4.90 Å². The molecule has 1 aliphatic carbocycles. The predicted molar refractivity (Wildman–Crippen MR) is 129 cm³/mol. The summed E-state index contributed by atoms with van der Waals surface area (Å²) in [6, 6.07) is 17.1. The average Bonchev–Trinajstić information content (AvgIpc) is 3.28. The number of rotatable bonds is 6. The van der Waals surface area contributed by atoms with Crippen LogP contribution in [0.25, 0.3) is 21.7 Å². The molecule has 0 radical (unpaired) electrons. The highest BCUT2D eigenvalue weighted by Gasteiger charge is 2.31. The Labute approximate surface area is 190 Å². The summed E-state index contributed by atoms with van der Waals surface area (Å²) in [7, 11) is 0. The molecule has 1 aromatic heterocycles. The minimum atomic E-state index is 0.684. The Kier molecular flexibility index (Phi) is 6.37. The van der Waals surface area contributed by atoms with Gasteiger partial charge in [-0.05, 0) is 67.5 Å². The number of hydrogen-bond acceptors (Lipinski definition) is 4. The topological polar surface area (TPSA) is 25.4 Å². The van der Waals surface area contributed by atoms with Crippen molar-refractivity contribution >= 4 is 11.3 Å². The van der Waals surface area contributed by atoms with Crippen LogP contribution in [0, 0.1) is 11.8 Å². The van der Waals surface area contributed by atoms with Gasteiger partial charge in [0.05, 0.1) is 12.3 Å². The van der Waals surface area contributed by atoms with Crippen LogP contribution in [0.3, 0.4) is 0 Å². The molecule has 5 rings (SSSR count). The first-order chi connectivity index (χ1) is 15.3. The lowest BCUT2D eigenvalue weighted by molar-refractivity contribution is 0.0814. The van der Waals surface area contributed by atoms with Crippen molar-refractivity contribution < 1.29 is 4.74 Å². The van der Waals surface area contributed by atoms with Crippen LogP contribution < -0.4 is 4.74 Å². The van der Waals surface area contributed by atoms with Crippen LogP contribution in [0.2, 0.25) is 0 Å². The Morgan fingerprint density at radius 2 is 1.74 bits per heavy atom. The molecular formula is C27H32N2OS. The third kappa shape index (κ3) is 4.86. The van der Waals surface area contributed by atoms with Crippen molar-refractivity contribution in [3.05, 3.63) is 59.6 Å². The fraction of sp³-hybridized carbons (Fsp3) is 0.444. The first-order valence-corrected chi connectivity index (χ1v) is 12.7. The van der Waals surface area contributed by atoms with Gasteiger partial charge in [-0.1, -0.05) is 49.6 Å². The zero-order valence-corrected chi connectivity index (χ0v) is 19.2. The van der Waals surface area contributed by atoms with E-state index in [9.17, 15) is 0 Å². The molecule has 2 heterocycles. The van der Waals surface area contributed by atoms with Crippen LogP contribution in [-0.2, 0) is 6.54 Å². The van der Waals surface area contributed by atoms with Crippen molar-refractivity contribution in [3.63, 3.8) is 0 Å². The molecule has 31 heavy (non-hydrogen) atoms. The molecule has 4 heteroatoms. The van der Waals surface area contributed by atoms with E-state index in [1.807, 2.05) is 13.0 Å². The van der Waals surface area contributed by atoms with Gasteiger partial charge >= 0.3 is 0 Å². The molecule has 1 saturated carbocycles. The summed E-state index contributed by atoms with van der Waals surface area (Å²) in [5.74, 6) is 2.83. The summed E-state index contributed by atoms with van der Waals surface area (Å²) in [4.78, 5) is 7.65. The summed E-state index contributed by atoms with van der Waals surface area (Å²) < 4.78 is 5.68. The van der Waals surface area contributed by atoms with E-state index in [1.165, 1.54) is 67.6 Å². The second-order valence-corrected chi connectivity index (χ2v) is 9.87. The monoisotopic (exact) mass is 432 g/mol. The van der Waals surface area contributed by atoms with E-state index >= 15 is 0 Å². The third-order valence-electron chi connectivity index (χ3n) is 6.90. The summed E-state index contributed by atoms with van der Waals surface area (Å²) >= 11 is 1.77. The highest BCUT2D eigenvalue weighted by molar-refractivity contribution is 7.13. The number of ether oxygens (including phenoxy) is 1. The van der Waals surface area contributed by atoms with E-state index in [1.54, 1.807) is 11.3 Å². The zero-order valence-electron chi connectivity index (χ0n) is 18.4. The van der Waals surface area contributed by atoms with Gasteiger partial charge in [0.15, 0.2) is 0 Å². The molecule has 1 aliphatic heterocycles. The Bertz CT molecular complexity index is 1010. The number of nitrogens with zero attached hydrogens (tertiary/aromatic N) is 2. The van der Waals surface area contributed by atoms with E-state index in [-0.39, 0.29) is 0 Å². The second kappa shape index (κ2) is 9.54. The minimum Gasteiger partial charge on any atom is -0.494 e. The fourth-order valence-electron chi connectivity index (χ4n) is 5.32. The van der Waals surface area contributed by atoms with Gasteiger partial charge in [-0.25, -0.2) is 4.98 Å². The third-order valence-corrected chi connectivity index (χ3v) is 7.84. The highest BCUT2D eigenvalue weighted by Crippen LogP contribution is 2.37. The molecule has 0 spiro atoms. The quantitative estimate of drug-likeness (QED) is 0.424. The molecule has 1 saturated heterocycles. The van der Waals surface area contributed by atoms with E-state index < -0.39 is 0 Å². The largest absolute Gasteiger partial charge is 0.494 e. The molecule has 0 bridgehead atoms. The van der Waals surface area contributed by atoms with Crippen LogP contribution in [0.4, 0.5) is 0 Å². The molecule has 3 aromatic rings. The molecule has 2 fully saturated rings.